The summed E-state index contributed by atoms with van der Waals surface area (Å²) in [5.74, 6) is 0.563. The van der Waals surface area contributed by atoms with Gasteiger partial charge in [-0.3, -0.25) is 4.98 Å². The van der Waals surface area contributed by atoms with E-state index in [0.29, 0.717) is 5.95 Å². The molecule has 0 saturated carbocycles. The second-order valence-corrected chi connectivity index (χ2v) is 5.57. The van der Waals surface area contributed by atoms with Gasteiger partial charge in [-0.15, -0.1) is 0 Å². The molecule has 19 heavy (non-hydrogen) atoms. The third kappa shape index (κ3) is 2.56. The number of nitrogens with two attached hydrogens (primary N) is 1. The molecule has 0 fully saturated rings. The smallest absolute Gasteiger partial charge is 0.201 e. The van der Waals surface area contributed by atoms with Crippen molar-refractivity contribution in [1.29, 1.82) is 0 Å². The van der Waals surface area contributed by atoms with Gasteiger partial charge in [-0.25, -0.2) is 4.98 Å². The highest BCUT2D eigenvalue weighted by atomic mass is 127. The summed E-state index contributed by atoms with van der Waals surface area (Å²) in [4.78, 5) is 8.73. The zero-order valence-corrected chi connectivity index (χ0v) is 12.4. The van der Waals surface area contributed by atoms with Crippen molar-refractivity contribution in [2.45, 2.75) is 13.0 Å². The van der Waals surface area contributed by atoms with Crippen LogP contribution < -0.4 is 5.73 Å². The van der Waals surface area contributed by atoms with E-state index in [1.165, 1.54) is 3.57 Å². The van der Waals surface area contributed by atoms with Crippen LogP contribution in [0.3, 0.4) is 0 Å². The van der Waals surface area contributed by atoms with Gasteiger partial charge in [-0.1, -0.05) is 6.07 Å². The maximum atomic E-state index is 6.00. The average molecular weight is 364 g/mol. The predicted molar refractivity (Wildman–Crippen MR) is 84.8 cm³/mol. The number of imidazole rings is 1. The first-order valence-electron chi connectivity index (χ1n) is 6.05. The number of fused-ring (bicyclic) bond motifs is 1. The molecule has 0 amide bonds. The third-order valence-corrected chi connectivity index (χ3v) is 3.73. The Kier molecular flexibility index (Phi) is 3.37. The fourth-order valence-electron chi connectivity index (χ4n) is 2.13. The van der Waals surface area contributed by atoms with Crippen LogP contribution in [0, 0.1) is 3.57 Å². The van der Waals surface area contributed by atoms with Crippen LogP contribution in [0.4, 0.5) is 5.95 Å². The fourth-order valence-corrected chi connectivity index (χ4v) is 2.60. The summed E-state index contributed by atoms with van der Waals surface area (Å²) >= 11 is 2.28. The lowest BCUT2D eigenvalue weighted by atomic mass is 10.2. The van der Waals surface area contributed by atoms with Crippen LogP contribution >= 0.6 is 22.6 Å². The number of nitrogens with zero attached hydrogens (tertiary/aromatic N) is 3. The Bertz CT molecular complexity index is 706. The summed E-state index contributed by atoms with van der Waals surface area (Å²) in [5, 5.41) is 0. The molecule has 2 heterocycles. The molecule has 0 radical (unpaired) electrons. The molecule has 2 aromatic heterocycles. The van der Waals surface area contributed by atoms with Crippen molar-refractivity contribution in [3.8, 4) is 0 Å². The second-order valence-electron chi connectivity index (χ2n) is 4.33. The summed E-state index contributed by atoms with van der Waals surface area (Å²) in [6, 6.07) is 12.1. The standard InChI is InChI=1S/C14H13IN4/c15-10-4-5-13-12(9-10)18-14(16)19(13)8-6-11-3-1-2-7-17-11/h1-5,7,9H,6,8H2,(H2,16,18). The fraction of sp³-hybridized carbons (Fsp3) is 0.143. The van der Waals surface area contributed by atoms with Crippen molar-refractivity contribution in [2.24, 2.45) is 0 Å². The van der Waals surface area contributed by atoms with Gasteiger partial charge >= 0.3 is 0 Å². The molecule has 0 spiro atoms. The van der Waals surface area contributed by atoms with Crippen LogP contribution in [-0.4, -0.2) is 14.5 Å². The maximum Gasteiger partial charge on any atom is 0.201 e. The largest absolute Gasteiger partial charge is 0.369 e. The molecule has 0 unspecified atom stereocenters. The summed E-state index contributed by atoms with van der Waals surface area (Å²) in [6.07, 6.45) is 2.66. The van der Waals surface area contributed by atoms with E-state index in [4.69, 9.17) is 5.73 Å². The number of hydrogen-bond donors (Lipinski definition) is 1. The molecule has 2 N–H and O–H groups in total. The molecule has 3 aromatic rings. The Morgan fingerprint density at radius 3 is 2.89 bits per heavy atom. The monoisotopic (exact) mass is 364 g/mol. The zero-order valence-electron chi connectivity index (χ0n) is 10.3. The Morgan fingerprint density at radius 1 is 1.21 bits per heavy atom. The molecule has 0 aliphatic carbocycles. The number of nitrogen functional groups attached to an aromatic ring is 1. The van der Waals surface area contributed by atoms with Gasteiger partial charge in [-0.05, 0) is 52.9 Å². The van der Waals surface area contributed by atoms with Gasteiger partial charge in [0.05, 0.1) is 11.0 Å². The van der Waals surface area contributed by atoms with E-state index < -0.39 is 0 Å². The first-order chi connectivity index (χ1) is 9.24. The van der Waals surface area contributed by atoms with E-state index in [0.717, 1.165) is 29.7 Å². The van der Waals surface area contributed by atoms with Crippen LogP contribution in [0.1, 0.15) is 5.69 Å². The summed E-state index contributed by atoms with van der Waals surface area (Å²) in [6.45, 7) is 0.792. The number of pyridine rings is 1. The Hall–Kier alpha value is -1.63. The number of anilines is 1. The van der Waals surface area contributed by atoms with Crippen LogP contribution in [0.2, 0.25) is 0 Å². The lowest BCUT2D eigenvalue weighted by Gasteiger charge is -2.06. The molecule has 96 valence electrons. The minimum absolute atomic E-state index is 0.563. The van der Waals surface area contributed by atoms with Crippen LogP contribution in [0.15, 0.2) is 42.6 Å². The summed E-state index contributed by atoms with van der Waals surface area (Å²) in [5.41, 5.74) is 9.09. The third-order valence-electron chi connectivity index (χ3n) is 3.06. The Labute approximate surface area is 124 Å². The SMILES string of the molecule is Nc1nc2cc(I)ccc2n1CCc1ccccn1. The second kappa shape index (κ2) is 5.16. The topological polar surface area (TPSA) is 56.7 Å². The maximum absolute atomic E-state index is 6.00. The van der Waals surface area contributed by atoms with E-state index in [-0.39, 0.29) is 0 Å². The Morgan fingerprint density at radius 2 is 2.11 bits per heavy atom. The quantitative estimate of drug-likeness (QED) is 0.728. The molecule has 0 aliphatic heterocycles. The van der Waals surface area contributed by atoms with E-state index in [1.807, 2.05) is 35.0 Å². The van der Waals surface area contributed by atoms with Crippen molar-refractivity contribution in [3.63, 3.8) is 0 Å². The van der Waals surface area contributed by atoms with E-state index in [2.05, 4.69) is 44.7 Å². The molecular weight excluding hydrogens is 351 g/mol. The van der Waals surface area contributed by atoms with Crippen LogP contribution in [0.5, 0.6) is 0 Å². The van der Waals surface area contributed by atoms with Crippen molar-refractivity contribution < 1.29 is 0 Å². The van der Waals surface area contributed by atoms with Gasteiger partial charge in [0.1, 0.15) is 0 Å². The van der Waals surface area contributed by atoms with Crippen LogP contribution in [0.25, 0.3) is 11.0 Å². The lowest BCUT2D eigenvalue weighted by Crippen LogP contribution is -2.06. The minimum Gasteiger partial charge on any atom is -0.369 e. The van der Waals surface area contributed by atoms with Gasteiger partial charge in [0.25, 0.3) is 0 Å². The van der Waals surface area contributed by atoms with Gasteiger partial charge in [-0.2, -0.15) is 0 Å². The molecule has 0 atom stereocenters. The minimum atomic E-state index is 0.563. The summed E-state index contributed by atoms with van der Waals surface area (Å²) < 4.78 is 3.21. The number of aromatic nitrogens is 3. The molecule has 0 saturated heterocycles. The van der Waals surface area contributed by atoms with Gasteiger partial charge in [0.2, 0.25) is 5.95 Å². The van der Waals surface area contributed by atoms with Crippen LogP contribution in [-0.2, 0) is 13.0 Å². The van der Waals surface area contributed by atoms with E-state index >= 15 is 0 Å². The molecule has 5 heteroatoms. The molecule has 4 nitrogen and oxygen atoms in total. The number of rotatable bonds is 3. The highest BCUT2D eigenvalue weighted by Gasteiger charge is 2.08. The molecule has 0 bridgehead atoms. The lowest BCUT2D eigenvalue weighted by molar-refractivity contribution is 0.713. The predicted octanol–water partition coefficient (Wildman–Crippen LogP) is 2.86. The Balaban J connectivity index is 1.90. The number of benzene rings is 1. The first-order valence-corrected chi connectivity index (χ1v) is 7.13. The van der Waals surface area contributed by atoms with Crippen molar-refractivity contribution in [2.75, 3.05) is 5.73 Å². The van der Waals surface area contributed by atoms with Crippen molar-refractivity contribution in [1.82, 2.24) is 14.5 Å². The van der Waals surface area contributed by atoms with Crippen molar-refractivity contribution >= 4 is 39.6 Å². The van der Waals surface area contributed by atoms with Gasteiger partial charge in [0, 0.05) is 28.4 Å². The molecule has 1 aromatic carbocycles. The average Bonchev–Trinajstić information content (AvgIpc) is 2.72. The summed E-state index contributed by atoms with van der Waals surface area (Å²) in [7, 11) is 0. The van der Waals surface area contributed by atoms with E-state index in [1.54, 1.807) is 0 Å². The number of halogens is 1. The molecule has 0 aliphatic rings. The number of aryl methyl sites for hydroxylation is 2. The normalized spacial score (nSPS) is 11.0. The first kappa shape index (κ1) is 12.4. The highest BCUT2D eigenvalue weighted by Crippen LogP contribution is 2.20. The zero-order chi connectivity index (χ0) is 13.2. The van der Waals surface area contributed by atoms with Gasteiger partial charge in [0.15, 0.2) is 0 Å². The number of hydrogen-bond acceptors (Lipinski definition) is 3. The molecule has 3 rings (SSSR count). The van der Waals surface area contributed by atoms with E-state index in [9.17, 15) is 0 Å². The molecular formula is C14H13IN4. The highest BCUT2D eigenvalue weighted by molar-refractivity contribution is 14.1. The van der Waals surface area contributed by atoms with Crippen molar-refractivity contribution in [3.05, 3.63) is 51.9 Å². The van der Waals surface area contributed by atoms with Gasteiger partial charge < -0.3 is 10.3 Å².